The molecule has 0 aliphatic carbocycles. The van der Waals surface area contributed by atoms with E-state index in [-0.39, 0.29) is 5.78 Å². The molecule has 0 saturated heterocycles. The molecule has 0 spiro atoms. The maximum Gasteiger partial charge on any atom is 0.390 e. The summed E-state index contributed by atoms with van der Waals surface area (Å²) in [5.41, 5.74) is 0. The molecule has 0 fully saturated rings. The molecule has 0 aromatic carbocycles. The number of carbonyl (C=O) groups is 1. The van der Waals surface area contributed by atoms with Crippen molar-refractivity contribution in [2.24, 2.45) is 0 Å². The van der Waals surface area contributed by atoms with E-state index in [2.05, 4.69) is 68.9 Å². The van der Waals surface area contributed by atoms with E-state index in [9.17, 15) is 4.79 Å². The van der Waals surface area contributed by atoms with Crippen molar-refractivity contribution in [3.63, 3.8) is 0 Å². The zero-order chi connectivity index (χ0) is 49.8. The van der Waals surface area contributed by atoms with Crippen molar-refractivity contribution in [3.8, 4) is 0 Å². The second kappa shape index (κ2) is 44.6. The van der Waals surface area contributed by atoms with Crippen LogP contribution in [0.5, 0.6) is 0 Å². The summed E-state index contributed by atoms with van der Waals surface area (Å²) in [5, 5.41) is 0. The van der Waals surface area contributed by atoms with Crippen molar-refractivity contribution in [1.82, 2.24) is 0 Å². The van der Waals surface area contributed by atoms with Crippen LogP contribution in [0.15, 0.2) is 12.3 Å². The van der Waals surface area contributed by atoms with Crippen LogP contribution in [-0.2, 0) is 21.6 Å². The van der Waals surface area contributed by atoms with Crippen molar-refractivity contribution in [3.05, 3.63) is 12.3 Å². The maximum atomic E-state index is 13.3. The van der Waals surface area contributed by atoms with Gasteiger partial charge in [-0.25, -0.2) is 0 Å². The third-order valence-electron chi connectivity index (χ3n) is 14.8. The van der Waals surface area contributed by atoms with E-state index in [4.69, 9.17) is 16.8 Å². The molecular weight excluding hydrogens is 889 g/mol. The number of carbonyl (C=O) groups excluding carboxylic acids is 1. The van der Waals surface area contributed by atoms with Gasteiger partial charge in [0, 0.05) is 19.0 Å². The zero-order valence-corrected chi connectivity index (χ0v) is 51.6. The summed E-state index contributed by atoms with van der Waals surface area (Å²) in [4.78, 5) is 13.3. The Labute approximate surface area is 426 Å². The van der Waals surface area contributed by atoms with Crippen molar-refractivity contribution < 1.29 is 21.6 Å². The van der Waals surface area contributed by atoms with Crippen molar-refractivity contribution in [2.45, 2.75) is 355 Å². The quantitative estimate of drug-likeness (QED) is 0.0263. The van der Waals surface area contributed by atoms with Gasteiger partial charge in [0.1, 0.15) is 5.76 Å². The zero-order valence-electron chi connectivity index (χ0n) is 47.6. The van der Waals surface area contributed by atoms with Gasteiger partial charge in [0.25, 0.3) is 0 Å². The SMILES string of the molecule is C=C(O[Si](CCCCCC)(CCCCCC)O[Si](CCCCCC)(CCCCCC)O[Si](CCCCCC)(CCCCCC)O[Si](CCCCCC)(CCCCCC)CCCCCC)C(C)=O. The summed E-state index contributed by atoms with van der Waals surface area (Å²) in [6, 6.07) is 10.1. The summed E-state index contributed by atoms with van der Waals surface area (Å²) in [6.07, 6.45) is 44.9. The van der Waals surface area contributed by atoms with E-state index in [1.807, 2.05) is 0 Å². The first-order valence-corrected chi connectivity index (χ1v) is 39.7. The molecule has 0 aliphatic rings. The Bertz CT molecular complexity index is 1050. The van der Waals surface area contributed by atoms with Crippen LogP contribution in [0.2, 0.25) is 54.4 Å². The van der Waals surface area contributed by atoms with Gasteiger partial charge in [0.2, 0.25) is 0 Å². The normalized spacial score (nSPS) is 12.6. The molecule has 0 aliphatic heterocycles. The molecule has 5 nitrogen and oxygen atoms in total. The number of rotatable bonds is 54. The molecular formula is C58H122O5Si4. The molecule has 0 amide bonds. The Kier molecular flexibility index (Phi) is 44.6. The number of unbranched alkanes of at least 4 members (excludes halogenated alkanes) is 27. The van der Waals surface area contributed by atoms with Gasteiger partial charge in [0.15, 0.2) is 14.1 Å². The topological polar surface area (TPSA) is 54.0 Å². The van der Waals surface area contributed by atoms with E-state index in [0.29, 0.717) is 5.76 Å². The van der Waals surface area contributed by atoms with E-state index in [1.54, 1.807) is 6.92 Å². The molecule has 0 aromatic rings. The molecule has 0 saturated carbocycles. The number of Topliss-reactive ketones (excluding diaryl/α,β-unsaturated/α-hetero) is 1. The molecule has 0 heterocycles. The molecule has 0 N–H and O–H groups in total. The van der Waals surface area contributed by atoms with Crippen LogP contribution < -0.4 is 0 Å². The second-order valence-corrected chi connectivity index (χ2v) is 36.6. The third kappa shape index (κ3) is 33.3. The third-order valence-corrected chi connectivity index (χ3v) is 35.1. The Balaban J connectivity index is 8.51. The standard InChI is InChI=1S/C58H122O5Si4/c1-12-21-30-39-48-64(49-40-31-22-13-2,50-41-32-23-14-3)61-66(53-44-35-26-17-6,54-45-36-27-18-7)63-67(55-46-37-28-19-8,56-47-38-29-20-9)62-65(51-42-33-24-15-4,52-43-34-25-16-5)60-58(11)57(10)59/h11-56H2,1-10H3. The number of hydrogen-bond donors (Lipinski definition) is 0. The fourth-order valence-corrected chi connectivity index (χ4v) is 35.3. The minimum Gasteiger partial charge on any atom is -0.518 e. The fourth-order valence-electron chi connectivity index (χ4n) is 10.5. The Morgan fingerprint density at radius 2 is 0.507 bits per heavy atom. The highest BCUT2D eigenvalue weighted by Gasteiger charge is 2.56. The van der Waals surface area contributed by atoms with Gasteiger partial charge in [-0.15, -0.1) is 0 Å². The summed E-state index contributed by atoms with van der Waals surface area (Å²) in [5.74, 6) is 0.277. The van der Waals surface area contributed by atoms with E-state index in [0.717, 1.165) is 61.9 Å². The van der Waals surface area contributed by atoms with Gasteiger partial charge in [0.05, 0.1) is 0 Å². The van der Waals surface area contributed by atoms with Crippen molar-refractivity contribution in [2.75, 3.05) is 0 Å². The number of allylic oxidation sites excluding steroid dienone is 1. The minimum absolute atomic E-state index is 0.0504. The van der Waals surface area contributed by atoms with Crippen LogP contribution in [0.3, 0.4) is 0 Å². The van der Waals surface area contributed by atoms with E-state index < -0.39 is 34.0 Å². The van der Waals surface area contributed by atoms with Crippen LogP contribution in [0.1, 0.15) is 300 Å². The van der Waals surface area contributed by atoms with Gasteiger partial charge in [-0.05, 0) is 42.3 Å². The Morgan fingerprint density at radius 1 is 0.299 bits per heavy atom. The Hall–Kier alpha value is -0.0425. The van der Waals surface area contributed by atoms with Gasteiger partial charge in [-0.1, -0.05) is 300 Å². The molecule has 0 atom stereocenters. The fraction of sp³-hybridized carbons (Fsp3) is 0.948. The predicted octanol–water partition coefficient (Wildman–Crippen LogP) is 21.7. The molecule has 0 unspecified atom stereocenters. The highest BCUT2D eigenvalue weighted by Crippen LogP contribution is 2.44. The van der Waals surface area contributed by atoms with Crippen LogP contribution in [0.4, 0.5) is 0 Å². The lowest BCUT2D eigenvalue weighted by Gasteiger charge is -2.49. The van der Waals surface area contributed by atoms with E-state index >= 15 is 0 Å². The number of ketones is 1. The molecule has 67 heavy (non-hydrogen) atoms. The number of hydrogen-bond acceptors (Lipinski definition) is 5. The molecule has 0 aromatic heterocycles. The smallest absolute Gasteiger partial charge is 0.390 e. The average molecular weight is 1010 g/mol. The van der Waals surface area contributed by atoms with Gasteiger partial charge < -0.3 is 16.8 Å². The average Bonchev–Trinajstić information content (AvgIpc) is 3.31. The Morgan fingerprint density at radius 3 is 0.746 bits per heavy atom. The highest BCUT2D eigenvalue weighted by molar-refractivity contribution is 6.91. The minimum atomic E-state index is -3.04. The van der Waals surface area contributed by atoms with Crippen LogP contribution in [0, 0.1) is 0 Å². The molecule has 9 heteroatoms. The monoisotopic (exact) mass is 1010 g/mol. The molecule has 0 bridgehead atoms. The lowest BCUT2D eigenvalue weighted by atomic mass is 10.2. The molecule has 400 valence electrons. The highest BCUT2D eigenvalue weighted by atomic mass is 28.5. The first kappa shape index (κ1) is 67.0. The summed E-state index contributed by atoms with van der Waals surface area (Å²) in [6.45, 7) is 27.1. The van der Waals surface area contributed by atoms with Crippen molar-refractivity contribution in [1.29, 1.82) is 0 Å². The molecule has 0 rings (SSSR count). The van der Waals surface area contributed by atoms with Crippen molar-refractivity contribution >= 4 is 39.8 Å². The van der Waals surface area contributed by atoms with Gasteiger partial charge in [-0.3, -0.25) is 4.79 Å². The van der Waals surface area contributed by atoms with Gasteiger partial charge >= 0.3 is 25.7 Å². The first-order valence-electron chi connectivity index (χ1n) is 30.5. The van der Waals surface area contributed by atoms with Crippen LogP contribution in [0.25, 0.3) is 0 Å². The summed E-state index contributed by atoms with van der Waals surface area (Å²) in [7, 11) is -11.2. The van der Waals surface area contributed by atoms with Crippen LogP contribution >= 0.6 is 0 Å². The van der Waals surface area contributed by atoms with E-state index in [1.165, 1.54) is 224 Å². The maximum absolute atomic E-state index is 13.3. The first-order chi connectivity index (χ1) is 32.5. The summed E-state index contributed by atoms with van der Waals surface area (Å²) >= 11 is 0. The lowest BCUT2D eigenvalue weighted by molar-refractivity contribution is -0.115. The van der Waals surface area contributed by atoms with Gasteiger partial charge in [-0.2, -0.15) is 0 Å². The van der Waals surface area contributed by atoms with Crippen LogP contribution in [-0.4, -0.2) is 39.8 Å². The predicted molar refractivity (Wildman–Crippen MR) is 308 cm³/mol. The summed E-state index contributed by atoms with van der Waals surface area (Å²) < 4.78 is 33.1. The second-order valence-electron chi connectivity index (χ2n) is 21.6. The lowest BCUT2D eigenvalue weighted by Crippen LogP contribution is -2.63. The largest absolute Gasteiger partial charge is 0.518 e. The molecule has 0 radical (unpaired) electrons.